The first kappa shape index (κ1) is 10.3. The normalized spacial score (nSPS) is 35.0. The van der Waals surface area contributed by atoms with Crippen LogP contribution in [0.3, 0.4) is 0 Å². The van der Waals surface area contributed by atoms with E-state index in [1.54, 1.807) is 18.9 Å². The highest BCUT2D eigenvalue weighted by Crippen LogP contribution is 2.35. The third kappa shape index (κ3) is 1.76. The second-order valence-electron chi connectivity index (χ2n) is 3.68. The maximum atomic E-state index is 10.1. The second-order valence-corrected chi connectivity index (χ2v) is 4.79. The smallest absolute Gasteiger partial charge is 0.0943 e. The van der Waals surface area contributed by atoms with Gasteiger partial charge >= 0.3 is 0 Å². The minimum Gasteiger partial charge on any atom is -0.387 e. The molecule has 4 heteroatoms. The quantitative estimate of drug-likeness (QED) is 0.670. The van der Waals surface area contributed by atoms with Gasteiger partial charge in [-0.2, -0.15) is 11.8 Å². The SMILES string of the molecule is COCC(C)(N)C1(O)CCSC1. The van der Waals surface area contributed by atoms with Gasteiger partial charge in [-0.3, -0.25) is 0 Å². The van der Waals surface area contributed by atoms with Gasteiger partial charge in [0, 0.05) is 12.9 Å². The monoisotopic (exact) mass is 191 g/mol. The third-order valence-corrected chi connectivity index (χ3v) is 3.68. The van der Waals surface area contributed by atoms with Crippen LogP contribution in [-0.4, -0.2) is 41.5 Å². The van der Waals surface area contributed by atoms with Gasteiger partial charge in [-0.1, -0.05) is 0 Å². The molecule has 3 N–H and O–H groups in total. The summed E-state index contributed by atoms with van der Waals surface area (Å²) in [5.74, 6) is 1.72. The summed E-state index contributed by atoms with van der Waals surface area (Å²) >= 11 is 1.75. The van der Waals surface area contributed by atoms with Gasteiger partial charge in [0.2, 0.25) is 0 Å². The van der Waals surface area contributed by atoms with Crippen molar-refractivity contribution < 1.29 is 9.84 Å². The summed E-state index contributed by atoms with van der Waals surface area (Å²) in [5, 5.41) is 10.1. The molecule has 0 radical (unpaired) electrons. The summed E-state index contributed by atoms with van der Waals surface area (Å²) in [7, 11) is 1.61. The second kappa shape index (κ2) is 3.54. The summed E-state index contributed by atoms with van der Waals surface area (Å²) in [6, 6.07) is 0. The van der Waals surface area contributed by atoms with Crippen LogP contribution in [0.15, 0.2) is 0 Å². The first-order valence-corrected chi connectivity index (χ1v) is 5.25. The van der Waals surface area contributed by atoms with E-state index < -0.39 is 11.1 Å². The zero-order valence-electron chi connectivity index (χ0n) is 7.67. The van der Waals surface area contributed by atoms with Crippen molar-refractivity contribution in [1.29, 1.82) is 0 Å². The molecule has 0 spiro atoms. The lowest BCUT2D eigenvalue weighted by Crippen LogP contribution is -2.61. The Kier molecular flexibility index (Phi) is 3.04. The van der Waals surface area contributed by atoms with E-state index in [2.05, 4.69) is 0 Å². The van der Waals surface area contributed by atoms with E-state index in [1.807, 2.05) is 6.92 Å². The highest BCUT2D eigenvalue weighted by atomic mass is 32.2. The minimum absolute atomic E-state index is 0.407. The summed E-state index contributed by atoms with van der Waals surface area (Å²) in [5.41, 5.74) is 4.62. The summed E-state index contributed by atoms with van der Waals surface area (Å²) < 4.78 is 4.99. The molecule has 0 aliphatic carbocycles. The van der Waals surface area contributed by atoms with Gasteiger partial charge in [-0.15, -0.1) is 0 Å². The van der Waals surface area contributed by atoms with Crippen LogP contribution < -0.4 is 5.73 Å². The number of nitrogens with two attached hydrogens (primary N) is 1. The van der Waals surface area contributed by atoms with E-state index in [1.165, 1.54) is 0 Å². The fourth-order valence-corrected chi connectivity index (χ4v) is 2.88. The number of ether oxygens (including phenoxy) is 1. The molecular weight excluding hydrogens is 174 g/mol. The molecule has 0 aromatic rings. The Labute approximate surface area is 77.7 Å². The standard InChI is InChI=1S/C8H17NO2S/c1-7(9,5-11-2)8(10)3-4-12-6-8/h10H,3-6,9H2,1-2H3. The van der Waals surface area contributed by atoms with Crippen molar-refractivity contribution in [2.75, 3.05) is 25.2 Å². The van der Waals surface area contributed by atoms with Crippen molar-refractivity contribution in [3.63, 3.8) is 0 Å². The van der Waals surface area contributed by atoms with Gasteiger partial charge in [0.15, 0.2) is 0 Å². The molecule has 1 rings (SSSR count). The largest absolute Gasteiger partial charge is 0.387 e. The van der Waals surface area contributed by atoms with E-state index in [0.717, 1.165) is 17.9 Å². The molecule has 1 aliphatic heterocycles. The average Bonchev–Trinajstić information content (AvgIpc) is 2.37. The first-order chi connectivity index (χ1) is 5.52. The highest BCUT2D eigenvalue weighted by Gasteiger charge is 2.46. The van der Waals surface area contributed by atoms with E-state index in [9.17, 15) is 5.11 Å². The molecule has 0 saturated carbocycles. The average molecular weight is 191 g/mol. The van der Waals surface area contributed by atoms with Crippen molar-refractivity contribution in [2.45, 2.75) is 24.5 Å². The Morgan fingerprint density at radius 2 is 2.42 bits per heavy atom. The molecule has 2 atom stereocenters. The maximum Gasteiger partial charge on any atom is 0.0943 e. The van der Waals surface area contributed by atoms with Crippen LogP contribution in [0.25, 0.3) is 0 Å². The molecule has 0 aromatic carbocycles. The zero-order valence-corrected chi connectivity index (χ0v) is 8.49. The van der Waals surface area contributed by atoms with Crippen LogP contribution in [0, 0.1) is 0 Å². The van der Waals surface area contributed by atoms with E-state index in [-0.39, 0.29) is 0 Å². The van der Waals surface area contributed by atoms with Crippen molar-refractivity contribution in [1.82, 2.24) is 0 Å². The highest BCUT2D eigenvalue weighted by molar-refractivity contribution is 7.99. The molecule has 1 aliphatic rings. The lowest BCUT2D eigenvalue weighted by atomic mass is 9.82. The minimum atomic E-state index is -0.742. The third-order valence-electron chi connectivity index (χ3n) is 2.51. The summed E-state index contributed by atoms with van der Waals surface area (Å²) in [4.78, 5) is 0. The van der Waals surface area contributed by atoms with Gasteiger partial charge < -0.3 is 15.6 Å². The van der Waals surface area contributed by atoms with Gasteiger partial charge in [-0.05, 0) is 19.1 Å². The Morgan fingerprint density at radius 1 is 1.75 bits per heavy atom. The van der Waals surface area contributed by atoms with Crippen molar-refractivity contribution in [2.24, 2.45) is 5.73 Å². The van der Waals surface area contributed by atoms with Crippen LogP contribution in [-0.2, 0) is 4.74 Å². The Hall–Kier alpha value is 0.230. The number of thioether (sulfide) groups is 1. The number of aliphatic hydroxyl groups is 1. The van der Waals surface area contributed by atoms with Crippen LogP contribution in [0.2, 0.25) is 0 Å². The Bertz CT molecular complexity index is 155. The molecule has 72 valence electrons. The number of rotatable bonds is 3. The Balaban J connectivity index is 2.64. The molecule has 2 unspecified atom stereocenters. The van der Waals surface area contributed by atoms with Crippen molar-refractivity contribution in [3.05, 3.63) is 0 Å². The summed E-state index contributed by atoms with van der Waals surface area (Å²) in [6.45, 7) is 2.26. The molecule has 12 heavy (non-hydrogen) atoms. The predicted octanol–water partition coefficient (Wildman–Crippen LogP) is 0.218. The topological polar surface area (TPSA) is 55.5 Å². The molecule has 1 fully saturated rings. The van der Waals surface area contributed by atoms with Gasteiger partial charge in [0.1, 0.15) is 0 Å². The zero-order chi connectivity index (χ0) is 9.24. The van der Waals surface area contributed by atoms with E-state index in [0.29, 0.717) is 6.61 Å². The molecule has 0 aromatic heterocycles. The lowest BCUT2D eigenvalue weighted by molar-refractivity contribution is -0.0375. The van der Waals surface area contributed by atoms with Gasteiger partial charge in [-0.25, -0.2) is 0 Å². The predicted molar refractivity (Wildman–Crippen MR) is 51.4 cm³/mol. The van der Waals surface area contributed by atoms with Gasteiger partial charge in [0.05, 0.1) is 17.7 Å². The number of methoxy groups -OCH3 is 1. The molecule has 0 amide bonds. The fraction of sp³-hybridized carbons (Fsp3) is 1.00. The molecule has 1 saturated heterocycles. The first-order valence-electron chi connectivity index (χ1n) is 4.10. The maximum absolute atomic E-state index is 10.1. The summed E-state index contributed by atoms with van der Waals surface area (Å²) in [6.07, 6.45) is 0.772. The van der Waals surface area contributed by atoms with Crippen LogP contribution in [0.4, 0.5) is 0 Å². The number of hydrogen-bond acceptors (Lipinski definition) is 4. The van der Waals surface area contributed by atoms with Gasteiger partial charge in [0.25, 0.3) is 0 Å². The molecule has 3 nitrogen and oxygen atoms in total. The fourth-order valence-electron chi connectivity index (χ4n) is 1.44. The number of hydrogen-bond donors (Lipinski definition) is 2. The molecule has 1 heterocycles. The van der Waals surface area contributed by atoms with Crippen LogP contribution in [0.5, 0.6) is 0 Å². The van der Waals surface area contributed by atoms with Crippen LogP contribution in [0.1, 0.15) is 13.3 Å². The van der Waals surface area contributed by atoms with Crippen molar-refractivity contribution in [3.8, 4) is 0 Å². The Morgan fingerprint density at radius 3 is 2.83 bits per heavy atom. The lowest BCUT2D eigenvalue weighted by Gasteiger charge is -2.38. The van der Waals surface area contributed by atoms with Crippen molar-refractivity contribution >= 4 is 11.8 Å². The van der Waals surface area contributed by atoms with E-state index >= 15 is 0 Å². The molecule has 0 bridgehead atoms. The van der Waals surface area contributed by atoms with Crippen LogP contribution >= 0.6 is 11.8 Å². The van der Waals surface area contributed by atoms with E-state index in [4.69, 9.17) is 10.5 Å². The molecular formula is C8H17NO2S.